The minimum absolute atomic E-state index is 0.843. The maximum Gasteiger partial charge on any atom is 0.119 e. The molecule has 0 fully saturated rings. The fraction of sp³-hybridized carbons (Fsp3) is 0.235. The Bertz CT molecular complexity index is 760. The average molecular weight is 282 g/mol. The zero-order chi connectivity index (χ0) is 14.8. The van der Waals surface area contributed by atoms with Gasteiger partial charge in [0.2, 0.25) is 0 Å². The zero-order valence-corrected chi connectivity index (χ0v) is 12.5. The highest BCUT2D eigenvalue weighted by Crippen LogP contribution is 2.26. The lowest BCUT2D eigenvalue weighted by molar-refractivity contribution is 0.414. The van der Waals surface area contributed by atoms with Crippen molar-refractivity contribution in [2.24, 2.45) is 0 Å². The highest BCUT2D eigenvalue weighted by molar-refractivity contribution is 5.83. The Morgan fingerprint density at radius 1 is 0.952 bits per heavy atom. The van der Waals surface area contributed by atoms with Crippen molar-refractivity contribution in [1.82, 2.24) is 9.78 Å². The number of methoxy groups -OCH3 is 2. The molecule has 21 heavy (non-hydrogen) atoms. The van der Waals surface area contributed by atoms with Crippen molar-refractivity contribution in [1.29, 1.82) is 0 Å². The third kappa shape index (κ3) is 2.33. The van der Waals surface area contributed by atoms with Crippen LogP contribution in [0.3, 0.4) is 0 Å². The van der Waals surface area contributed by atoms with E-state index in [-0.39, 0.29) is 0 Å². The molecule has 0 aliphatic rings. The van der Waals surface area contributed by atoms with Crippen LogP contribution >= 0.6 is 0 Å². The van der Waals surface area contributed by atoms with Crippen LogP contribution in [0.5, 0.6) is 11.5 Å². The van der Waals surface area contributed by atoms with Gasteiger partial charge in [0.25, 0.3) is 0 Å². The first kappa shape index (κ1) is 13.5. The van der Waals surface area contributed by atoms with Gasteiger partial charge >= 0.3 is 0 Å². The molecule has 0 amide bonds. The smallest absolute Gasteiger partial charge is 0.119 e. The predicted octanol–water partition coefficient (Wildman–Crippen LogP) is 3.61. The number of aromatic nitrogens is 2. The van der Waals surface area contributed by atoms with E-state index in [0.717, 1.165) is 34.5 Å². The number of aryl methyl sites for hydroxylation is 1. The van der Waals surface area contributed by atoms with E-state index in [4.69, 9.17) is 14.6 Å². The van der Waals surface area contributed by atoms with Crippen LogP contribution in [0.25, 0.3) is 16.6 Å². The predicted molar refractivity (Wildman–Crippen MR) is 83.6 cm³/mol. The molecule has 0 aliphatic heterocycles. The minimum Gasteiger partial charge on any atom is -0.497 e. The van der Waals surface area contributed by atoms with Crippen LogP contribution in [0.15, 0.2) is 42.5 Å². The third-order valence-corrected chi connectivity index (χ3v) is 3.63. The summed E-state index contributed by atoms with van der Waals surface area (Å²) < 4.78 is 12.5. The Morgan fingerprint density at radius 3 is 2.24 bits per heavy atom. The molecule has 3 aromatic rings. The van der Waals surface area contributed by atoms with Gasteiger partial charge in [-0.15, -0.1) is 0 Å². The molecule has 2 aromatic carbocycles. The summed E-state index contributed by atoms with van der Waals surface area (Å²) in [5.74, 6) is 1.70. The summed E-state index contributed by atoms with van der Waals surface area (Å²) in [6.45, 7) is 2.13. The van der Waals surface area contributed by atoms with Gasteiger partial charge in [0.05, 0.1) is 31.1 Å². The second-order valence-electron chi connectivity index (χ2n) is 4.79. The normalized spacial score (nSPS) is 10.8. The monoisotopic (exact) mass is 282 g/mol. The maximum absolute atomic E-state index is 5.31. The van der Waals surface area contributed by atoms with Gasteiger partial charge in [-0.25, -0.2) is 4.68 Å². The van der Waals surface area contributed by atoms with Gasteiger partial charge in [0, 0.05) is 5.39 Å². The molecule has 0 unspecified atom stereocenters. The van der Waals surface area contributed by atoms with E-state index in [1.807, 2.05) is 47.1 Å². The molecule has 0 radical (unpaired) electrons. The van der Waals surface area contributed by atoms with Crippen LogP contribution in [0.2, 0.25) is 0 Å². The molecule has 0 bridgehead atoms. The van der Waals surface area contributed by atoms with E-state index in [2.05, 4.69) is 6.92 Å². The second kappa shape index (κ2) is 5.48. The Balaban J connectivity index is 2.16. The summed E-state index contributed by atoms with van der Waals surface area (Å²) >= 11 is 0. The fourth-order valence-corrected chi connectivity index (χ4v) is 2.52. The van der Waals surface area contributed by atoms with Crippen LogP contribution in [-0.4, -0.2) is 24.0 Å². The van der Waals surface area contributed by atoms with E-state index >= 15 is 0 Å². The van der Waals surface area contributed by atoms with Gasteiger partial charge in [-0.05, 0) is 48.9 Å². The van der Waals surface area contributed by atoms with Crippen LogP contribution in [-0.2, 0) is 6.42 Å². The number of benzene rings is 2. The first-order valence-corrected chi connectivity index (χ1v) is 6.97. The molecule has 0 spiro atoms. The Kier molecular flexibility index (Phi) is 3.52. The Hall–Kier alpha value is -2.49. The van der Waals surface area contributed by atoms with Crippen molar-refractivity contribution >= 4 is 10.9 Å². The van der Waals surface area contributed by atoms with Gasteiger partial charge < -0.3 is 9.47 Å². The molecule has 4 heteroatoms. The van der Waals surface area contributed by atoms with Crippen molar-refractivity contribution in [3.05, 3.63) is 48.2 Å². The standard InChI is InChI=1S/C17H18N2O2/c1-4-17-15-11-14(21-3)9-10-16(15)18-19(17)12-5-7-13(20-2)8-6-12/h5-11H,4H2,1-3H3. The van der Waals surface area contributed by atoms with Crippen LogP contribution in [0, 0.1) is 0 Å². The van der Waals surface area contributed by atoms with Gasteiger partial charge in [-0.2, -0.15) is 5.10 Å². The van der Waals surface area contributed by atoms with E-state index in [0.29, 0.717) is 0 Å². The van der Waals surface area contributed by atoms with Crippen LogP contribution in [0.1, 0.15) is 12.6 Å². The average Bonchev–Trinajstić information content (AvgIpc) is 2.92. The van der Waals surface area contributed by atoms with Crippen molar-refractivity contribution < 1.29 is 9.47 Å². The molecule has 0 aliphatic carbocycles. The van der Waals surface area contributed by atoms with Gasteiger partial charge in [-0.3, -0.25) is 0 Å². The lowest BCUT2D eigenvalue weighted by Crippen LogP contribution is -2.01. The molecule has 4 nitrogen and oxygen atoms in total. The number of fused-ring (bicyclic) bond motifs is 1. The topological polar surface area (TPSA) is 36.3 Å². The first-order chi connectivity index (χ1) is 10.3. The first-order valence-electron chi connectivity index (χ1n) is 6.97. The highest BCUT2D eigenvalue weighted by atomic mass is 16.5. The summed E-state index contributed by atoms with van der Waals surface area (Å²) in [5, 5.41) is 5.84. The highest BCUT2D eigenvalue weighted by Gasteiger charge is 2.12. The molecule has 0 atom stereocenters. The number of ether oxygens (including phenoxy) is 2. The molecule has 0 N–H and O–H groups in total. The zero-order valence-electron chi connectivity index (χ0n) is 12.5. The van der Waals surface area contributed by atoms with E-state index < -0.39 is 0 Å². The number of hydrogen-bond acceptors (Lipinski definition) is 3. The largest absolute Gasteiger partial charge is 0.497 e. The second-order valence-corrected chi connectivity index (χ2v) is 4.79. The summed E-state index contributed by atoms with van der Waals surface area (Å²) in [7, 11) is 3.35. The van der Waals surface area contributed by atoms with Crippen LogP contribution in [0.4, 0.5) is 0 Å². The summed E-state index contributed by atoms with van der Waals surface area (Å²) in [5.41, 5.74) is 3.18. The lowest BCUT2D eigenvalue weighted by atomic mass is 10.1. The molecule has 1 heterocycles. The molecule has 108 valence electrons. The van der Waals surface area contributed by atoms with Crippen LogP contribution < -0.4 is 9.47 Å². The summed E-state index contributed by atoms with van der Waals surface area (Å²) in [6.07, 6.45) is 0.899. The quantitative estimate of drug-likeness (QED) is 0.733. The molecule has 3 rings (SSSR count). The molecule has 0 saturated carbocycles. The van der Waals surface area contributed by atoms with Crippen molar-refractivity contribution in [2.45, 2.75) is 13.3 Å². The lowest BCUT2D eigenvalue weighted by Gasteiger charge is -2.07. The number of rotatable bonds is 4. The van der Waals surface area contributed by atoms with E-state index in [1.54, 1.807) is 14.2 Å². The summed E-state index contributed by atoms with van der Waals surface area (Å²) in [6, 6.07) is 13.9. The van der Waals surface area contributed by atoms with Gasteiger partial charge in [0.15, 0.2) is 0 Å². The van der Waals surface area contributed by atoms with Gasteiger partial charge in [0.1, 0.15) is 11.5 Å². The van der Waals surface area contributed by atoms with Gasteiger partial charge in [-0.1, -0.05) is 6.92 Å². The molecule has 1 aromatic heterocycles. The van der Waals surface area contributed by atoms with Crippen molar-refractivity contribution in [3.8, 4) is 17.2 Å². The number of nitrogens with zero attached hydrogens (tertiary/aromatic N) is 2. The van der Waals surface area contributed by atoms with Crippen molar-refractivity contribution in [3.63, 3.8) is 0 Å². The maximum atomic E-state index is 5.31. The molecular formula is C17H18N2O2. The number of hydrogen-bond donors (Lipinski definition) is 0. The molecule has 0 saturated heterocycles. The summed E-state index contributed by atoms with van der Waals surface area (Å²) in [4.78, 5) is 0. The van der Waals surface area contributed by atoms with Crippen molar-refractivity contribution in [2.75, 3.05) is 14.2 Å². The van der Waals surface area contributed by atoms with E-state index in [1.165, 1.54) is 5.69 Å². The fourth-order valence-electron chi connectivity index (χ4n) is 2.52. The SMILES string of the molecule is CCc1c2cc(OC)ccc2nn1-c1ccc(OC)cc1. The van der Waals surface area contributed by atoms with E-state index in [9.17, 15) is 0 Å². The Labute approximate surface area is 123 Å². The molecular weight excluding hydrogens is 264 g/mol. The minimum atomic E-state index is 0.843. The Morgan fingerprint density at radius 2 is 1.62 bits per heavy atom. The third-order valence-electron chi connectivity index (χ3n) is 3.63.